The van der Waals surface area contributed by atoms with Crippen molar-refractivity contribution in [1.82, 2.24) is 14.9 Å². The minimum Gasteiger partial charge on any atom is -0.378 e. The molecule has 2 amide bonds. The molecule has 0 radical (unpaired) electrons. The molecule has 3 heterocycles. The van der Waals surface area contributed by atoms with Crippen LogP contribution >= 0.6 is 0 Å². The number of benzene rings is 1. The number of nitrogens with one attached hydrogen (secondary N) is 1. The van der Waals surface area contributed by atoms with Crippen LogP contribution in [0.5, 0.6) is 0 Å². The van der Waals surface area contributed by atoms with Crippen LogP contribution in [0.3, 0.4) is 0 Å². The number of anilines is 4. The van der Waals surface area contributed by atoms with Crippen molar-refractivity contribution in [3.05, 3.63) is 36.0 Å². The number of carbonyl (C=O) groups excluding carboxylic acids is 1. The normalized spacial score (nSPS) is 17.3. The van der Waals surface area contributed by atoms with Gasteiger partial charge in [-0.25, -0.2) is 9.78 Å². The van der Waals surface area contributed by atoms with Crippen LogP contribution < -0.4 is 20.9 Å². The number of morpholine rings is 1. The quantitative estimate of drug-likeness (QED) is 0.808. The number of urea groups is 1. The zero-order valence-electron chi connectivity index (χ0n) is 16.7. The molecule has 2 fully saturated rings. The monoisotopic (exact) mass is 397 g/mol. The summed E-state index contributed by atoms with van der Waals surface area (Å²) in [5.41, 5.74) is 8.49. The number of piperazine rings is 1. The van der Waals surface area contributed by atoms with Gasteiger partial charge < -0.3 is 30.5 Å². The first kappa shape index (κ1) is 19.3. The Balaban J connectivity index is 1.52. The van der Waals surface area contributed by atoms with Gasteiger partial charge in [-0.05, 0) is 19.1 Å². The largest absolute Gasteiger partial charge is 0.378 e. The number of nitrogens with two attached hydrogens (primary N) is 1. The SMILES string of the molecule is Cc1cnc(Nc2ccccc2N2CCOCC2)nc1N1CCN(C(N)=O)CC1. The Morgan fingerprint density at radius 2 is 1.79 bits per heavy atom. The molecule has 3 N–H and O–H groups in total. The summed E-state index contributed by atoms with van der Waals surface area (Å²) in [5, 5.41) is 3.39. The molecule has 29 heavy (non-hydrogen) atoms. The van der Waals surface area contributed by atoms with Crippen molar-refractivity contribution >= 4 is 29.2 Å². The maximum absolute atomic E-state index is 11.4. The van der Waals surface area contributed by atoms with E-state index < -0.39 is 0 Å². The number of rotatable bonds is 4. The second-order valence-corrected chi connectivity index (χ2v) is 7.25. The molecule has 4 rings (SSSR count). The number of hydrogen-bond acceptors (Lipinski definition) is 7. The van der Waals surface area contributed by atoms with Crippen LogP contribution in [0.4, 0.5) is 27.9 Å². The van der Waals surface area contributed by atoms with Gasteiger partial charge in [0.05, 0.1) is 24.6 Å². The zero-order valence-corrected chi connectivity index (χ0v) is 16.7. The van der Waals surface area contributed by atoms with Gasteiger partial charge in [0.15, 0.2) is 0 Å². The van der Waals surface area contributed by atoms with E-state index in [4.69, 9.17) is 15.5 Å². The molecular weight excluding hydrogens is 370 g/mol. The lowest BCUT2D eigenvalue weighted by Gasteiger charge is -2.35. The molecule has 0 atom stereocenters. The molecule has 0 bridgehead atoms. The molecule has 2 aliphatic rings. The molecule has 9 heteroatoms. The highest BCUT2D eigenvalue weighted by molar-refractivity contribution is 5.74. The molecule has 1 aromatic heterocycles. The maximum Gasteiger partial charge on any atom is 0.314 e. The van der Waals surface area contributed by atoms with E-state index in [0.717, 1.165) is 49.1 Å². The Morgan fingerprint density at radius 3 is 2.52 bits per heavy atom. The van der Waals surface area contributed by atoms with Crippen molar-refractivity contribution in [2.24, 2.45) is 5.73 Å². The molecule has 9 nitrogen and oxygen atoms in total. The molecular formula is C20H27N7O2. The van der Waals surface area contributed by atoms with E-state index in [1.54, 1.807) is 4.90 Å². The van der Waals surface area contributed by atoms with E-state index in [1.165, 1.54) is 0 Å². The number of aromatic nitrogens is 2. The van der Waals surface area contributed by atoms with Crippen molar-refractivity contribution in [3.63, 3.8) is 0 Å². The Bertz CT molecular complexity index is 862. The lowest BCUT2D eigenvalue weighted by molar-refractivity contribution is 0.123. The molecule has 0 aliphatic carbocycles. The third-order valence-electron chi connectivity index (χ3n) is 5.34. The minimum atomic E-state index is -0.369. The lowest BCUT2D eigenvalue weighted by Crippen LogP contribution is -2.50. The van der Waals surface area contributed by atoms with Gasteiger partial charge in [-0.1, -0.05) is 12.1 Å². The molecule has 0 saturated carbocycles. The van der Waals surface area contributed by atoms with Crippen LogP contribution in [-0.2, 0) is 4.74 Å². The van der Waals surface area contributed by atoms with E-state index in [-0.39, 0.29) is 6.03 Å². The van der Waals surface area contributed by atoms with Gasteiger partial charge in [0.25, 0.3) is 0 Å². The predicted octanol–water partition coefficient (Wildman–Crippen LogP) is 1.57. The maximum atomic E-state index is 11.4. The number of primary amides is 1. The average molecular weight is 397 g/mol. The van der Waals surface area contributed by atoms with E-state index in [9.17, 15) is 4.79 Å². The molecule has 2 saturated heterocycles. The topological polar surface area (TPSA) is 99.8 Å². The number of aryl methyl sites for hydroxylation is 1. The van der Waals surface area contributed by atoms with Crippen molar-refractivity contribution in [2.45, 2.75) is 6.92 Å². The fourth-order valence-corrected chi connectivity index (χ4v) is 3.73. The van der Waals surface area contributed by atoms with Gasteiger partial charge in [0.2, 0.25) is 5.95 Å². The predicted molar refractivity (Wildman–Crippen MR) is 113 cm³/mol. The number of carbonyl (C=O) groups is 1. The summed E-state index contributed by atoms with van der Waals surface area (Å²) in [5.74, 6) is 1.44. The highest BCUT2D eigenvalue weighted by atomic mass is 16.5. The number of nitrogens with zero attached hydrogens (tertiary/aromatic N) is 5. The molecule has 0 spiro atoms. The molecule has 1 aromatic carbocycles. The highest BCUT2D eigenvalue weighted by Gasteiger charge is 2.22. The summed E-state index contributed by atoms with van der Waals surface area (Å²) in [6.45, 7) is 7.79. The summed E-state index contributed by atoms with van der Waals surface area (Å²) in [7, 11) is 0. The first-order valence-electron chi connectivity index (χ1n) is 9.93. The van der Waals surface area contributed by atoms with Crippen LogP contribution in [0.2, 0.25) is 0 Å². The van der Waals surface area contributed by atoms with Gasteiger partial charge in [-0.3, -0.25) is 0 Å². The Labute approximate surface area is 170 Å². The Hall–Kier alpha value is -3.07. The fraction of sp³-hybridized carbons (Fsp3) is 0.450. The second-order valence-electron chi connectivity index (χ2n) is 7.25. The highest BCUT2D eigenvalue weighted by Crippen LogP contribution is 2.29. The van der Waals surface area contributed by atoms with Gasteiger partial charge >= 0.3 is 6.03 Å². The van der Waals surface area contributed by atoms with E-state index in [0.29, 0.717) is 32.1 Å². The summed E-state index contributed by atoms with van der Waals surface area (Å²) >= 11 is 0. The molecule has 154 valence electrons. The lowest BCUT2D eigenvalue weighted by atomic mass is 10.2. The number of hydrogen-bond donors (Lipinski definition) is 2. The van der Waals surface area contributed by atoms with E-state index in [1.807, 2.05) is 31.3 Å². The zero-order chi connectivity index (χ0) is 20.2. The fourth-order valence-electron chi connectivity index (χ4n) is 3.73. The van der Waals surface area contributed by atoms with Crippen LogP contribution in [0.25, 0.3) is 0 Å². The van der Waals surface area contributed by atoms with E-state index in [2.05, 4.69) is 26.2 Å². The van der Waals surface area contributed by atoms with Gasteiger partial charge in [0, 0.05) is 51.0 Å². The van der Waals surface area contributed by atoms with Crippen LogP contribution in [0.15, 0.2) is 30.5 Å². The first-order valence-corrected chi connectivity index (χ1v) is 9.93. The molecule has 2 aromatic rings. The van der Waals surface area contributed by atoms with E-state index >= 15 is 0 Å². The van der Waals surface area contributed by atoms with Crippen LogP contribution in [0.1, 0.15) is 5.56 Å². The Morgan fingerprint density at radius 1 is 1.07 bits per heavy atom. The summed E-state index contributed by atoms with van der Waals surface area (Å²) < 4.78 is 5.47. The number of para-hydroxylation sites is 2. The number of ether oxygens (including phenoxy) is 1. The van der Waals surface area contributed by atoms with Gasteiger partial charge in [-0.2, -0.15) is 4.98 Å². The summed E-state index contributed by atoms with van der Waals surface area (Å²) in [6.07, 6.45) is 1.84. The van der Waals surface area contributed by atoms with Crippen LogP contribution in [0, 0.1) is 6.92 Å². The van der Waals surface area contributed by atoms with Crippen molar-refractivity contribution in [1.29, 1.82) is 0 Å². The van der Waals surface area contributed by atoms with Crippen molar-refractivity contribution in [2.75, 3.05) is 67.6 Å². The Kier molecular flexibility index (Phi) is 5.66. The minimum absolute atomic E-state index is 0.369. The average Bonchev–Trinajstić information content (AvgIpc) is 2.76. The van der Waals surface area contributed by atoms with Gasteiger partial charge in [0.1, 0.15) is 5.82 Å². The van der Waals surface area contributed by atoms with Gasteiger partial charge in [-0.15, -0.1) is 0 Å². The molecule has 2 aliphatic heterocycles. The molecule has 0 unspecified atom stereocenters. The standard InChI is InChI=1S/C20H27N7O2/c1-15-14-22-20(24-18(15)26-6-8-27(9-7-26)19(21)28)23-16-4-2-3-5-17(16)25-10-12-29-13-11-25/h2-5,14H,6-13H2,1H3,(H2,21,28)(H,22,23,24). The van der Waals surface area contributed by atoms with Crippen molar-refractivity contribution < 1.29 is 9.53 Å². The first-order chi connectivity index (χ1) is 14.1. The second kappa shape index (κ2) is 8.52. The van der Waals surface area contributed by atoms with Crippen LogP contribution in [-0.4, -0.2) is 73.4 Å². The summed E-state index contributed by atoms with van der Waals surface area (Å²) in [6, 6.07) is 7.82. The van der Waals surface area contributed by atoms with Crippen molar-refractivity contribution in [3.8, 4) is 0 Å². The number of amides is 2. The summed E-state index contributed by atoms with van der Waals surface area (Å²) in [4.78, 5) is 26.8. The smallest absolute Gasteiger partial charge is 0.314 e. The third kappa shape index (κ3) is 4.34. The third-order valence-corrected chi connectivity index (χ3v) is 5.34.